The third-order valence-corrected chi connectivity index (χ3v) is 10.3. The van der Waals surface area contributed by atoms with E-state index in [4.69, 9.17) is 28.3 Å². The van der Waals surface area contributed by atoms with Gasteiger partial charge in [-0.2, -0.15) is 36.5 Å². The molecule has 4 heterocycles. The number of carbonyl (C=O) groups excluding carboxylic acids is 1. The van der Waals surface area contributed by atoms with E-state index in [-0.39, 0.29) is 23.8 Å². The summed E-state index contributed by atoms with van der Waals surface area (Å²) in [6.45, 7) is 4.12. The van der Waals surface area contributed by atoms with Crippen molar-refractivity contribution in [3.05, 3.63) is 105 Å². The number of carbonyl (C=O) groups is 2. The van der Waals surface area contributed by atoms with E-state index in [0.29, 0.717) is 30.6 Å². The number of halogens is 8. The van der Waals surface area contributed by atoms with Gasteiger partial charge in [-0.25, -0.2) is 0 Å². The first-order valence-electron chi connectivity index (χ1n) is 17.0. The van der Waals surface area contributed by atoms with E-state index in [0.717, 1.165) is 41.7 Å². The average molecular weight is 822 g/mol. The van der Waals surface area contributed by atoms with Crippen molar-refractivity contribution in [1.29, 1.82) is 0 Å². The highest BCUT2D eigenvalue weighted by atomic mass is 35.5. The van der Waals surface area contributed by atoms with Gasteiger partial charge in [-0.05, 0) is 63.7 Å². The largest absolute Gasteiger partial charge is 0.480 e. The van der Waals surface area contributed by atoms with Gasteiger partial charge in [-0.15, -0.1) is 0 Å². The van der Waals surface area contributed by atoms with Crippen LogP contribution in [0.25, 0.3) is 0 Å². The second kappa shape index (κ2) is 17.7. The van der Waals surface area contributed by atoms with E-state index in [9.17, 15) is 46.1 Å². The van der Waals surface area contributed by atoms with E-state index < -0.39 is 57.5 Å². The van der Waals surface area contributed by atoms with Gasteiger partial charge in [0.25, 0.3) is 0 Å². The Kier molecular flexibility index (Phi) is 14.1. The average Bonchev–Trinajstić information content (AvgIpc) is 3.59. The summed E-state index contributed by atoms with van der Waals surface area (Å²) >= 11 is 11.1. The molecule has 2 fully saturated rings. The number of aliphatic hydroxyl groups is 2. The minimum Gasteiger partial charge on any atom is -0.480 e. The monoisotopic (exact) mass is 820 g/mol. The van der Waals surface area contributed by atoms with Crippen LogP contribution in [0.5, 0.6) is 0 Å². The Morgan fingerprint density at radius 3 is 1.45 bits per heavy atom. The molecule has 4 N–H and O–H groups in total. The molecular weight excluding hydrogens is 781 g/mol. The smallest absolute Gasteiger partial charge is 0.436 e. The number of nitrogens with zero attached hydrogens (tertiary/aromatic N) is 5. The summed E-state index contributed by atoms with van der Waals surface area (Å²) in [5.74, 6) is -1.65. The maximum absolute atomic E-state index is 12.9. The van der Waals surface area contributed by atoms with Gasteiger partial charge in [0.15, 0.2) is 11.4 Å². The fourth-order valence-corrected chi connectivity index (χ4v) is 6.60. The molecule has 2 aromatic heterocycles. The fourth-order valence-electron chi connectivity index (χ4n) is 6.12. The van der Waals surface area contributed by atoms with Crippen LogP contribution in [0.4, 0.5) is 26.3 Å². The summed E-state index contributed by atoms with van der Waals surface area (Å²) in [7, 11) is 0. The number of hydrogen-bond donors (Lipinski definition) is 4. The van der Waals surface area contributed by atoms with Crippen LogP contribution in [0.2, 0.25) is 10.0 Å². The SMILES string of the molecule is Cc1c(Cl)c(C(F)(F)F)nn1CC(=O)N1CCC(O)(c2ccccc2)CC1.Cc1c(Cl)c(C(F)(F)F)nn1CC(=O)O.OC1(c2ccccc2)CCNCC1. The van der Waals surface area contributed by atoms with Crippen LogP contribution in [0, 0.1) is 13.8 Å². The number of aliphatic carboxylic acids is 1. The number of likely N-dealkylation sites (tertiary alicyclic amines) is 1. The molecule has 0 bridgehead atoms. The zero-order valence-electron chi connectivity index (χ0n) is 29.8. The first kappa shape index (κ1) is 43.6. The van der Waals surface area contributed by atoms with Crippen molar-refractivity contribution in [2.45, 2.75) is 76.2 Å². The maximum atomic E-state index is 12.9. The molecular formula is C36H40Cl2F6N6O5. The number of carboxylic acids is 1. The Labute approximate surface area is 322 Å². The Hall–Kier alpha value is -4.16. The first-order valence-corrected chi connectivity index (χ1v) is 17.8. The van der Waals surface area contributed by atoms with Crippen LogP contribution in [-0.2, 0) is 46.2 Å². The maximum Gasteiger partial charge on any atom is 0.436 e. The summed E-state index contributed by atoms with van der Waals surface area (Å²) in [6, 6.07) is 19.2. The molecule has 300 valence electrons. The summed E-state index contributed by atoms with van der Waals surface area (Å²) in [5.41, 5.74) is -2.13. The first-order chi connectivity index (χ1) is 25.7. The van der Waals surface area contributed by atoms with Crippen LogP contribution in [0.1, 0.15) is 59.6 Å². The third kappa shape index (κ3) is 11.0. The lowest BCUT2D eigenvalue weighted by molar-refractivity contribution is -0.143. The summed E-state index contributed by atoms with van der Waals surface area (Å²) in [4.78, 5) is 24.3. The molecule has 0 atom stereocenters. The molecule has 6 rings (SSSR count). The highest BCUT2D eigenvalue weighted by Crippen LogP contribution is 2.37. The molecule has 2 aliphatic heterocycles. The molecule has 11 nitrogen and oxygen atoms in total. The number of nitrogens with one attached hydrogen (secondary N) is 1. The van der Waals surface area contributed by atoms with Crippen molar-refractivity contribution in [3.8, 4) is 0 Å². The van der Waals surface area contributed by atoms with Crippen LogP contribution >= 0.6 is 23.2 Å². The van der Waals surface area contributed by atoms with Crippen molar-refractivity contribution in [3.63, 3.8) is 0 Å². The normalized spacial score (nSPS) is 16.7. The second-order valence-corrected chi connectivity index (χ2v) is 13.9. The predicted octanol–water partition coefficient (Wildman–Crippen LogP) is 6.58. The molecule has 0 spiro atoms. The number of rotatable bonds is 6. The molecule has 2 aliphatic rings. The number of hydrogen-bond acceptors (Lipinski definition) is 7. The topological polar surface area (TPSA) is 146 Å². The van der Waals surface area contributed by atoms with Crippen molar-refractivity contribution in [1.82, 2.24) is 29.8 Å². The van der Waals surface area contributed by atoms with Crippen LogP contribution in [-0.4, -0.2) is 77.8 Å². The summed E-state index contributed by atoms with van der Waals surface area (Å²) in [6.07, 6.45) is -7.00. The molecule has 19 heteroatoms. The van der Waals surface area contributed by atoms with Gasteiger partial charge in [-0.3, -0.25) is 19.0 Å². The van der Waals surface area contributed by atoms with Gasteiger partial charge in [0.1, 0.15) is 13.1 Å². The quantitative estimate of drug-likeness (QED) is 0.160. The van der Waals surface area contributed by atoms with Crippen molar-refractivity contribution in [2.75, 3.05) is 26.2 Å². The van der Waals surface area contributed by atoms with Gasteiger partial charge in [-0.1, -0.05) is 83.9 Å². The van der Waals surface area contributed by atoms with Gasteiger partial charge >= 0.3 is 18.3 Å². The zero-order valence-corrected chi connectivity index (χ0v) is 31.3. The highest BCUT2D eigenvalue weighted by molar-refractivity contribution is 6.32. The van der Waals surface area contributed by atoms with E-state index in [1.165, 1.54) is 18.7 Å². The Morgan fingerprint density at radius 1 is 0.709 bits per heavy atom. The van der Waals surface area contributed by atoms with E-state index >= 15 is 0 Å². The Morgan fingerprint density at radius 2 is 1.09 bits per heavy atom. The molecule has 0 aliphatic carbocycles. The zero-order chi connectivity index (χ0) is 40.8. The number of piperidine rings is 2. The molecule has 1 amide bonds. The van der Waals surface area contributed by atoms with Crippen molar-refractivity contribution >= 4 is 35.1 Å². The van der Waals surface area contributed by atoms with Crippen LogP contribution in [0.15, 0.2) is 60.7 Å². The van der Waals surface area contributed by atoms with Crippen LogP contribution < -0.4 is 5.32 Å². The molecule has 0 unspecified atom stereocenters. The second-order valence-electron chi connectivity index (χ2n) is 13.1. The minimum atomic E-state index is -4.68. The number of amides is 1. The molecule has 0 saturated carbocycles. The lowest BCUT2D eigenvalue weighted by atomic mass is 9.84. The number of alkyl halides is 6. The van der Waals surface area contributed by atoms with Crippen molar-refractivity contribution in [2.24, 2.45) is 0 Å². The van der Waals surface area contributed by atoms with Crippen molar-refractivity contribution < 1.29 is 51.3 Å². The molecule has 2 saturated heterocycles. The van der Waals surface area contributed by atoms with Crippen LogP contribution in [0.3, 0.4) is 0 Å². The molecule has 55 heavy (non-hydrogen) atoms. The van der Waals surface area contributed by atoms with Gasteiger partial charge in [0, 0.05) is 13.1 Å². The number of aromatic nitrogens is 4. The van der Waals surface area contributed by atoms with Gasteiger partial charge in [0.2, 0.25) is 5.91 Å². The lowest BCUT2D eigenvalue weighted by Gasteiger charge is -2.38. The predicted molar refractivity (Wildman–Crippen MR) is 190 cm³/mol. The highest BCUT2D eigenvalue weighted by Gasteiger charge is 2.40. The van der Waals surface area contributed by atoms with Gasteiger partial charge in [0.05, 0.1) is 32.6 Å². The third-order valence-electron chi connectivity index (χ3n) is 9.37. The summed E-state index contributed by atoms with van der Waals surface area (Å²) < 4.78 is 77.2. The van der Waals surface area contributed by atoms with Gasteiger partial charge < -0.3 is 25.5 Å². The molecule has 0 radical (unpaired) electrons. The standard InChI is InChI=1S/C18H19ClF3N3O2.C11H15NO.C7H6ClF3N2O2/c1-12-15(19)16(18(20,21)22)23-25(12)11-14(26)24-9-7-17(27,8-10-24)13-5-3-2-4-6-13;13-11(6-8-12-9-7-11)10-4-2-1-3-5-10;1-3-5(8)6(7(9,10)11)12-13(3)2-4(14)15/h2-6,27H,7-11H2,1H3;1-5,12-13H,6-9H2;2H2,1H3,(H,14,15). The number of benzene rings is 2. The van der Waals surface area contributed by atoms with E-state index in [2.05, 4.69) is 15.5 Å². The van der Waals surface area contributed by atoms with E-state index in [1.807, 2.05) is 60.7 Å². The lowest BCUT2D eigenvalue weighted by Crippen LogP contribution is -2.46. The number of carboxylic acid groups (broad SMARTS) is 1. The fraction of sp³-hybridized carbons (Fsp3) is 0.444. The Bertz CT molecular complexity index is 1910. The minimum absolute atomic E-state index is 0.0219. The molecule has 2 aromatic carbocycles. The van der Waals surface area contributed by atoms with E-state index in [1.54, 1.807) is 0 Å². The summed E-state index contributed by atoms with van der Waals surface area (Å²) in [5, 5.41) is 38.3. The molecule has 4 aromatic rings. The Balaban J connectivity index is 0.000000202.